The number of Topliss-reactive ketones (excluding diaryl/α,β-unsaturated/α-hetero) is 1. The molecule has 1 aliphatic carbocycles. The van der Waals surface area contributed by atoms with Crippen molar-refractivity contribution in [1.82, 2.24) is 0 Å². The first-order valence-corrected chi connectivity index (χ1v) is 11.0. The lowest BCUT2D eigenvalue weighted by atomic mass is 9.78. The first kappa shape index (κ1) is 21.6. The smallest absolute Gasteiger partial charge is 0.372 e. The van der Waals surface area contributed by atoms with Crippen LogP contribution < -0.4 is 10.6 Å². The Morgan fingerprint density at radius 3 is 2.12 bits per heavy atom. The minimum Gasteiger partial charge on any atom is -0.372 e. The molecule has 0 unspecified atom stereocenters. The van der Waals surface area contributed by atoms with Crippen molar-refractivity contribution in [3.05, 3.63) is 106 Å². The molecule has 0 saturated heterocycles. The fraction of sp³-hybridized carbons (Fsp3) is 0.192. The number of para-hydroxylation sites is 2. The van der Waals surface area contributed by atoms with Gasteiger partial charge in [0.25, 0.3) is 0 Å². The van der Waals surface area contributed by atoms with Gasteiger partial charge >= 0.3 is 6.18 Å². The number of anilines is 2. The van der Waals surface area contributed by atoms with Crippen molar-refractivity contribution in [1.29, 1.82) is 0 Å². The summed E-state index contributed by atoms with van der Waals surface area (Å²) in [6, 6.07) is 19.5. The largest absolute Gasteiger partial charge is 0.416 e. The fourth-order valence-corrected chi connectivity index (χ4v) is 4.70. The zero-order chi connectivity index (χ0) is 23.2. The molecule has 168 valence electrons. The number of hydrogen-bond donors (Lipinski definition) is 2. The lowest BCUT2D eigenvalue weighted by Crippen LogP contribution is -2.27. The van der Waals surface area contributed by atoms with E-state index in [1.54, 1.807) is 0 Å². The molecule has 3 aromatic rings. The van der Waals surface area contributed by atoms with E-state index in [4.69, 9.17) is 11.6 Å². The first-order valence-electron chi connectivity index (χ1n) is 10.6. The molecule has 0 fully saturated rings. The van der Waals surface area contributed by atoms with Crippen LogP contribution in [-0.4, -0.2) is 5.78 Å². The predicted octanol–water partition coefficient (Wildman–Crippen LogP) is 7.34. The Morgan fingerprint density at radius 1 is 0.818 bits per heavy atom. The number of alkyl halides is 3. The number of ketones is 1. The van der Waals surface area contributed by atoms with Crippen molar-refractivity contribution in [3.63, 3.8) is 0 Å². The van der Waals surface area contributed by atoms with Crippen molar-refractivity contribution in [2.24, 2.45) is 0 Å². The number of fused-ring (bicyclic) bond motifs is 1. The van der Waals surface area contributed by atoms with Gasteiger partial charge < -0.3 is 10.6 Å². The third-order valence-electron chi connectivity index (χ3n) is 6.22. The number of rotatable bonds is 2. The van der Waals surface area contributed by atoms with Gasteiger partial charge in [-0.2, -0.15) is 13.2 Å². The van der Waals surface area contributed by atoms with Gasteiger partial charge in [0.05, 0.1) is 23.0 Å². The van der Waals surface area contributed by atoms with Gasteiger partial charge in [0.15, 0.2) is 5.78 Å². The van der Waals surface area contributed by atoms with Crippen LogP contribution in [0.3, 0.4) is 0 Å². The SMILES string of the molecule is O=C1C[C@@H](c2ccc(Cl)cc2)CC2=C1[C@@H](c1ccc(C(F)(F)F)cc1)Nc1ccccc1N2. The van der Waals surface area contributed by atoms with Crippen molar-refractivity contribution in [3.8, 4) is 0 Å². The molecule has 3 nitrogen and oxygen atoms in total. The summed E-state index contributed by atoms with van der Waals surface area (Å²) < 4.78 is 39.3. The number of hydrogen-bond acceptors (Lipinski definition) is 3. The highest BCUT2D eigenvalue weighted by molar-refractivity contribution is 6.30. The van der Waals surface area contributed by atoms with Gasteiger partial charge in [0.2, 0.25) is 0 Å². The number of carbonyl (C=O) groups is 1. The van der Waals surface area contributed by atoms with Crippen LogP contribution >= 0.6 is 11.6 Å². The third-order valence-corrected chi connectivity index (χ3v) is 6.47. The highest BCUT2D eigenvalue weighted by atomic mass is 35.5. The molecule has 2 N–H and O–H groups in total. The summed E-state index contributed by atoms with van der Waals surface area (Å²) in [5, 5.41) is 7.45. The van der Waals surface area contributed by atoms with Crippen molar-refractivity contribution < 1.29 is 18.0 Å². The summed E-state index contributed by atoms with van der Waals surface area (Å²) in [6.45, 7) is 0. The summed E-state index contributed by atoms with van der Waals surface area (Å²) >= 11 is 6.03. The molecule has 0 aromatic heterocycles. The lowest BCUT2D eigenvalue weighted by Gasteiger charge is -2.30. The number of nitrogens with one attached hydrogen (secondary N) is 2. The van der Waals surface area contributed by atoms with Crippen LogP contribution in [0.2, 0.25) is 5.02 Å². The second kappa shape index (κ2) is 8.27. The first-order chi connectivity index (χ1) is 15.8. The molecule has 1 aliphatic heterocycles. The van der Waals surface area contributed by atoms with Crippen LogP contribution in [0, 0.1) is 0 Å². The lowest BCUT2D eigenvalue weighted by molar-refractivity contribution is -0.137. The fourth-order valence-electron chi connectivity index (χ4n) is 4.58. The van der Waals surface area contributed by atoms with Crippen molar-refractivity contribution in [2.45, 2.75) is 31.0 Å². The van der Waals surface area contributed by atoms with E-state index in [1.165, 1.54) is 12.1 Å². The minimum absolute atomic E-state index is 0.0143. The summed E-state index contributed by atoms with van der Waals surface area (Å²) in [7, 11) is 0. The minimum atomic E-state index is -4.42. The molecule has 7 heteroatoms. The molecule has 33 heavy (non-hydrogen) atoms. The molecule has 0 amide bonds. The maximum atomic E-state index is 13.4. The van der Waals surface area contributed by atoms with E-state index >= 15 is 0 Å². The molecule has 2 atom stereocenters. The summed E-state index contributed by atoms with van der Waals surface area (Å²) in [5.41, 5.74) is 3.87. The zero-order valence-electron chi connectivity index (χ0n) is 17.4. The Labute approximate surface area is 194 Å². The molecule has 0 bridgehead atoms. The molecule has 0 radical (unpaired) electrons. The average Bonchev–Trinajstić information content (AvgIpc) is 2.96. The van der Waals surface area contributed by atoms with Gasteiger partial charge in [-0.15, -0.1) is 0 Å². The van der Waals surface area contributed by atoms with E-state index in [0.717, 1.165) is 34.8 Å². The molecule has 1 heterocycles. The van der Waals surface area contributed by atoms with Gasteiger partial charge in [-0.05, 0) is 59.9 Å². The van der Waals surface area contributed by atoms with E-state index in [2.05, 4.69) is 10.6 Å². The predicted molar refractivity (Wildman–Crippen MR) is 123 cm³/mol. The highest BCUT2D eigenvalue weighted by Gasteiger charge is 2.36. The number of halogens is 4. The van der Waals surface area contributed by atoms with Gasteiger partial charge in [-0.25, -0.2) is 0 Å². The van der Waals surface area contributed by atoms with Crippen molar-refractivity contribution >= 4 is 28.8 Å². The Kier molecular flexibility index (Phi) is 5.41. The van der Waals surface area contributed by atoms with Crippen LogP contribution in [0.25, 0.3) is 0 Å². The van der Waals surface area contributed by atoms with E-state index in [-0.39, 0.29) is 11.7 Å². The van der Waals surface area contributed by atoms with E-state index in [9.17, 15) is 18.0 Å². The highest BCUT2D eigenvalue weighted by Crippen LogP contribution is 2.44. The average molecular weight is 469 g/mol. The molecular weight excluding hydrogens is 449 g/mol. The van der Waals surface area contributed by atoms with Crippen LogP contribution in [-0.2, 0) is 11.0 Å². The number of carbonyl (C=O) groups excluding carboxylic acids is 1. The van der Waals surface area contributed by atoms with E-state index < -0.39 is 17.8 Å². The normalized spacial score (nSPS) is 20.3. The topological polar surface area (TPSA) is 41.1 Å². The maximum Gasteiger partial charge on any atom is 0.416 e. The monoisotopic (exact) mass is 468 g/mol. The summed E-state index contributed by atoms with van der Waals surface area (Å²) in [5.74, 6) is -0.0477. The second-order valence-electron chi connectivity index (χ2n) is 8.34. The van der Waals surface area contributed by atoms with Crippen LogP contribution in [0.1, 0.15) is 41.5 Å². The molecule has 5 rings (SSSR count). The standard InChI is InChI=1S/C26H20ClF3N2O/c27-19-11-7-15(8-12-19)17-13-22-24(23(33)14-17)25(32-21-4-2-1-3-20(21)31-22)16-5-9-18(10-6-16)26(28,29)30/h1-12,17,25,31-32H,13-14H2/t17-,25+/m0/s1. The van der Waals surface area contributed by atoms with Gasteiger partial charge in [0.1, 0.15) is 0 Å². The van der Waals surface area contributed by atoms with Gasteiger partial charge in [-0.3, -0.25) is 4.79 Å². The Morgan fingerprint density at radius 2 is 1.45 bits per heavy atom. The molecule has 0 spiro atoms. The molecule has 2 aliphatic rings. The Bertz CT molecular complexity index is 1230. The second-order valence-corrected chi connectivity index (χ2v) is 8.78. The van der Waals surface area contributed by atoms with E-state index in [0.29, 0.717) is 29.0 Å². The number of benzene rings is 3. The zero-order valence-corrected chi connectivity index (χ0v) is 18.2. The van der Waals surface area contributed by atoms with Crippen LogP contribution in [0.4, 0.5) is 24.5 Å². The summed E-state index contributed by atoms with van der Waals surface area (Å²) in [6.07, 6.45) is -3.49. The molecular formula is C26H20ClF3N2O. The van der Waals surface area contributed by atoms with E-state index in [1.807, 2.05) is 48.5 Å². The van der Waals surface area contributed by atoms with Crippen molar-refractivity contribution in [2.75, 3.05) is 10.6 Å². The quantitative estimate of drug-likeness (QED) is 0.413. The number of allylic oxidation sites excluding steroid dienone is 1. The van der Waals surface area contributed by atoms with Crippen LogP contribution in [0.5, 0.6) is 0 Å². The summed E-state index contributed by atoms with van der Waals surface area (Å²) in [4.78, 5) is 13.4. The van der Waals surface area contributed by atoms with Gasteiger partial charge in [0, 0.05) is 22.7 Å². The molecule has 0 saturated carbocycles. The van der Waals surface area contributed by atoms with Gasteiger partial charge in [-0.1, -0.05) is 48.0 Å². The van der Waals surface area contributed by atoms with Crippen LogP contribution in [0.15, 0.2) is 84.1 Å². The Balaban J connectivity index is 1.57. The third kappa shape index (κ3) is 4.23. The Hall–Kier alpha value is -3.25. The molecule has 3 aromatic carbocycles. The maximum absolute atomic E-state index is 13.4.